The summed E-state index contributed by atoms with van der Waals surface area (Å²) in [5, 5.41) is 33.1. The van der Waals surface area contributed by atoms with Crippen molar-refractivity contribution >= 4 is 28.7 Å². The summed E-state index contributed by atoms with van der Waals surface area (Å²) in [5.41, 5.74) is 2.28. The Morgan fingerprint density at radius 1 is 0.853 bits per heavy atom. The van der Waals surface area contributed by atoms with Gasteiger partial charge >= 0.3 is 18.0 Å². The summed E-state index contributed by atoms with van der Waals surface area (Å²) in [6, 6.07) is 18.7. The lowest BCUT2D eigenvalue weighted by atomic mass is 9.96. The second kappa shape index (κ2) is 10.8. The number of carbonyl (C=O) groups is 3. The van der Waals surface area contributed by atoms with Crippen LogP contribution in [-0.4, -0.2) is 57.4 Å². The molecule has 0 radical (unpaired) electrons. The number of benzene rings is 3. The fourth-order valence-electron chi connectivity index (χ4n) is 3.80. The molecule has 178 valence electrons. The zero-order chi connectivity index (χ0) is 24.8. The summed E-state index contributed by atoms with van der Waals surface area (Å²) in [6.07, 6.45) is -1.77. The van der Waals surface area contributed by atoms with E-state index in [1.54, 1.807) is 24.3 Å². The number of aliphatic hydroxyl groups is 1. The lowest BCUT2D eigenvalue weighted by molar-refractivity contribution is -0.147. The van der Waals surface area contributed by atoms with Crippen LogP contribution in [-0.2, 0) is 9.59 Å². The number of carbonyl (C=O) groups excluding carboxylic acids is 1. The fraction of sp³-hybridized carbons (Fsp3) is 0.269. The van der Waals surface area contributed by atoms with Crippen LogP contribution in [0, 0.1) is 5.92 Å². The molecule has 0 aliphatic heterocycles. The van der Waals surface area contributed by atoms with Gasteiger partial charge in [-0.25, -0.2) is 14.4 Å². The summed E-state index contributed by atoms with van der Waals surface area (Å²) in [4.78, 5) is 36.9. The third kappa shape index (κ3) is 5.90. The predicted molar refractivity (Wildman–Crippen MR) is 128 cm³/mol. The Labute approximate surface area is 197 Å². The molecular weight excluding hydrogens is 436 g/mol. The number of carboxylic acids is 2. The number of aliphatic hydroxyl groups excluding tert-OH is 1. The number of urea groups is 1. The Morgan fingerprint density at radius 3 is 2.12 bits per heavy atom. The summed E-state index contributed by atoms with van der Waals surface area (Å²) in [5.74, 6) is -2.73. The molecule has 0 aromatic heterocycles. The van der Waals surface area contributed by atoms with Crippen LogP contribution in [0.25, 0.3) is 21.9 Å². The Bertz CT molecular complexity index is 1170. The van der Waals surface area contributed by atoms with Crippen molar-refractivity contribution in [2.75, 3.05) is 13.1 Å². The van der Waals surface area contributed by atoms with E-state index in [0.29, 0.717) is 5.56 Å². The number of nitrogens with zero attached hydrogens (tertiary/aromatic N) is 1. The molecule has 0 aliphatic carbocycles. The fourth-order valence-corrected chi connectivity index (χ4v) is 3.80. The first-order chi connectivity index (χ1) is 16.2. The molecule has 34 heavy (non-hydrogen) atoms. The van der Waals surface area contributed by atoms with Crippen LogP contribution >= 0.6 is 0 Å². The molecule has 0 fully saturated rings. The van der Waals surface area contributed by atoms with E-state index >= 15 is 0 Å². The van der Waals surface area contributed by atoms with Gasteiger partial charge in [0.05, 0.1) is 6.54 Å². The highest BCUT2D eigenvalue weighted by molar-refractivity contribution is 5.96. The minimum Gasteiger partial charge on any atom is -0.479 e. The summed E-state index contributed by atoms with van der Waals surface area (Å²) in [6.45, 7) is 3.36. The van der Waals surface area contributed by atoms with Crippen molar-refractivity contribution in [2.24, 2.45) is 5.92 Å². The van der Waals surface area contributed by atoms with Crippen LogP contribution in [0.15, 0.2) is 66.7 Å². The van der Waals surface area contributed by atoms with Gasteiger partial charge in [-0.1, -0.05) is 80.6 Å². The van der Waals surface area contributed by atoms with Crippen LogP contribution in [0.5, 0.6) is 0 Å². The molecule has 2 atom stereocenters. The normalized spacial score (nSPS) is 12.8. The summed E-state index contributed by atoms with van der Waals surface area (Å²) >= 11 is 0. The molecule has 0 aliphatic rings. The minimum atomic E-state index is -1.77. The third-order valence-electron chi connectivity index (χ3n) is 5.41. The molecule has 3 rings (SSSR count). The zero-order valence-electron chi connectivity index (χ0n) is 19.0. The second-order valence-electron chi connectivity index (χ2n) is 8.52. The van der Waals surface area contributed by atoms with E-state index in [-0.39, 0.29) is 12.5 Å². The molecule has 0 saturated heterocycles. The van der Waals surface area contributed by atoms with Crippen LogP contribution in [0.4, 0.5) is 4.79 Å². The van der Waals surface area contributed by atoms with Crippen molar-refractivity contribution in [2.45, 2.75) is 26.0 Å². The molecule has 0 saturated carbocycles. The molecule has 0 spiro atoms. The minimum absolute atomic E-state index is 0.0185. The van der Waals surface area contributed by atoms with Gasteiger partial charge in [0.15, 0.2) is 12.1 Å². The maximum Gasteiger partial charge on any atom is 0.334 e. The number of amides is 2. The SMILES string of the molecule is CC(C)CN(CC(O)C(=O)O)C(=O)N[C@H](C(=O)O)c1ccc(-c2cccc3ccccc23)cc1. The molecule has 3 aromatic rings. The van der Waals surface area contributed by atoms with Gasteiger partial charge in [0.1, 0.15) is 0 Å². The van der Waals surface area contributed by atoms with Crippen molar-refractivity contribution in [3.8, 4) is 11.1 Å². The first-order valence-corrected chi connectivity index (χ1v) is 10.9. The van der Waals surface area contributed by atoms with E-state index in [0.717, 1.165) is 26.8 Å². The predicted octanol–water partition coefficient (Wildman–Crippen LogP) is 3.75. The molecule has 8 heteroatoms. The number of rotatable bonds is 9. The van der Waals surface area contributed by atoms with Gasteiger partial charge in [0.25, 0.3) is 0 Å². The Balaban J connectivity index is 1.83. The smallest absolute Gasteiger partial charge is 0.334 e. The summed E-state index contributed by atoms with van der Waals surface area (Å²) in [7, 11) is 0. The number of hydrogen-bond acceptors (Lipinski definition) is 4. The van der Waals surface area contributed by atoms with E-state index in [4.69, 9.17) is 5.11 Å². The van der Waals surface area contributed by atoms with Gasteiger partial charge in [-0.2, -0.15) is 0 Å². The molecule has 8 nitrogen and oxygen atoms in total. The van der Waals surface area contributed by atoms with E-state index in [9.17, 15) is 24.6 Å². The first-order valence-electron chi connectivity index (χ1n) is 10.9. The molecule has 1 unspecified atom stereocenters. The van der Waals surface area contributed by atoms with Crippen LogP contribution in [0.1, 0.15) is 25.5 Å². The van der Waals surface area contributed by atoms with Crippen molar-refractivity contribution in [3.63, 3.8) is 0 Å². The Kier molecular flexibility index (Phi) is 7.86. The monoisotopic (exact) mass is 464 g/mol. The van der Waals surface area contributed by atoms with Gasteiger partial charge in [0.2, 0.25) is 0 Å². The topological polar surface area (TPSA) is 127 Å². The van der Waals surface area contributed by atoms with Gasteiger partial charge in [-0.3, -0.25) is 0 Å². The maximum absolute atomic E-state index is 12.8. The lowest BCUT2D eigenvalue weighted by Gasteiger charge is -2.27. The molecule has 4 N–H and O–H groups in total. The van der Waals surface area contributed by atoms with E-state index in [1.807, 2.05) is 56.3 Å². The number of nitrogens with one attached hydrogen (secondary N) is 1. The highest BCUT2D eigenvalue weighted by Gasteiger charge is 2.28. The van der Waals surface area contributed by atoms with E-state index in [1.165, 1.54) is 0 Å². The van der Waals surface area contributed by atoms with Crippen LogP contribution in [0.2, 0.25) is 0 Å². The number of hydrogen-bond donors (Lipinski definition) is 4. The van der Waals surface area contributed by atoms with Crippen molar-refractivity contribution < 1.29 is 29.7 Å². The highest BCUT2D eigenvalue weighted by Crippen LogP contribution is 2.29. The summed E-state index contributed by atoms with van der Waals surface area (Å²) < 4.78 is 0. The standard InChI is InChI=1S/C26H28N2O6/c1-16(2)14-28(15-22(29)24(30)31)26(34)27-23(25(32)33)19-12-10-18(11-13-19)21-9-5-7-17-6-3-4-8-20(17)21/h3-13,16,22-23,29H,14-15H2,1-2H3,(H,27,34)(H,30,31)(H,32,33)/t22?,23-/m0/s1. The molecule has 2 amide bonds. The average molecular weight is 465 g/mol. The Morgan fingerprint density at radius 2 is 1.50 bits per heavy atom. The van der Waals surface area contributed by atoms with Gasteiger partial charge in [-0.05, 0) is 33.4 Å². The van der Waals surface area contributed by atoms with E-state index in [2.05, 4.69) is 5.32 Å². The van der Waals surface area contributed by atoms with Crippen LogP contribution in [0.3, 0.4) is 0 Å². The largest absolute Gasteiger partial charge is 0.479 e. The van der Waals surface area contributed by atoms with Crippen molar-refractivity contribution in [1.82, 2.24) is 10.2 Å². The molecular formula is C26H28N2O6. The average Bonchev–Trinajstić information content (AvgIpc) is 2.81. The maximum atomic E-state index is 12.8. The number of aliphatic carboxylic acids is 2. The highest BCUT2D eigenvalue weighted by atomic mass is 16.4. The first kappa shape index (κ1) is 24.7. The third-order valence-corrected chi connectivity index (χ3v) is 5.41. The second-order valence-corrected chi connectivity index (χ2v) is 8.52. The molecule has 0 heterocycles. The quantitative estimate of drug-likeness (QED) is 0.382. The zero-order valence-corrected chi connectivity index (χ0v) is 19.0. The van der Waals surface area contributed by atoms with Gasteiger partial charge in [0, 0.05) is 6.54 Å². The number of fused-ring (bicyclic) bond motifs is 1. The molecule has 3 aromatic carbocycles. The van der Waals surface area contributed by atoms with Gasteiger partial charge < -0.3 is 25.5 Å². The van der Waals surface area contributed by atoms with Crippen LogP contribution < -0.4 is 5.32 Å². The van der Waals surface area contributed by atoms with Crippen molar-refractivity contribution in [1.29, 1.82) is 0 Å². The molecule has 0 bridgehead atoms. The van der Waals surface area contributed by atoms with E-state index < -0.39 is 36.7 Å². The Hall–Kier alpha value is -3.91. The number of carboxylic acid groups (broad SMARTS) is 2. The van der Waals surface area contributed by atoms with Gasteiger partial charge in [-0.15, -0.1) is 0 Å². The lowest BCUT2D eigenvalue weighted by Crippen LogP contribution is -2.49. The van der Waals surface area contributed by atoms with Crippen molar-refractivity contribution in [3.05, 3.63) is 72.3 Å².